The summed E-state index contributed by atoms with van der Waals surface area (Å²) >= 11 is 0. The van der Waals surface area contributed by atoms with Crippen LogP contribution in [0.15, 0.2) is 12.3 Å². The number of rotatable bonds is 9. The lowest BCUT2D eigenvalue weighted by Crippen LogP contribution is -2.26. The Morgan fingerprint density at radius 2 is 2.19 bits per heavy atom. The van der Waals surface area contributed by atoms with Crippen LogP contribution in [-0.2, 0) is 4.74 Å². The summed E-state index contributed by atoms with van der Waals surface area (Å²) in [5.41, 5.74) is 0.232. The van der Waals surface area contributed by atoms with Crippen molar-refractivity contribution in [2.75, 3.05) is 25.0 Å². The molecule has 0 aliphatic rings. The molecular formula is C15H24FN3O2. The molecule has 1 rings (SSSR count). The quantitative estimate of drug-likeness (QED) is 0.688. The van der Waals surface area contributed by atoms with Gasteiger partial charge in [-0.1, -0.05) is 0 Å². The first kappa shape index (κ1) is 17.4. The molecule has 0 saturated carbocycles. The maximum atomic E-state index is 13.2. The summed E-state index contributed by atoms with van der Waals surface area (Å²) in [6.45, 7) is 7.69. The molecule has 1 aromatic rings. The van der Waals surface area contributed by atoms with Crippen LogP contribution in [0.25, 0.3) is 0 Å². The van der Waals surface area contributed by atoms with Gasteiger partial charge in [-0.25, -0.2) is 9.37 Å². The smallest absolute Gasteiger partial charge is 0.255 e. The van der Waals surface area contributed by atoms with Gasteiger partial charge in [-0.05, 0) is 39.7 Å². The number of anilines is 1. The highest BCUT2D eigenvalue weighted by atomic mass is 19.1. The first-order valence-electron chi connectivity index (χ1n) is 7.33. The summed E-state index contributed by atoms with van der Waals surface area (Å²) in [5.74, 6) is -0.436. The van der Waals surface area contributed by atoms with E-state index in [4.69, 9.17) is 4.74 Å². The van der Waals surface area contributed by atoms with Crippen LogP contribution in [0.1, 0.15) is 44.0 Å². The zero-order chi connectivity index (χ0) is 15.7. The number of carbonyl (C=O) groups is 1. The minimum atomic E-state index is -0.521. The molecule has 2 N–H and O–H groups in total. The van der Waals surface area contributed by atoms with Crippen LogP contribution in [0.2, 0.25) is 0 Å². The molecule has 0 radical (unpaired) electrons. The molecule has 0 fully saturated rings. The van der Waals surface area contributed by atoms with E-state index in [1.54, 1.807) is 0 Å². The molecule has 118 valence electrons. The van der Waals surface area contributed by atoms with Crippen molar-refractivity contribution in [3.63, 3.8) is 0 Å². The maximum absolute atomic E-state index is 13.2. The Morgan fingerprint density at radius 1 is 1.43 bits per heavy atom. The van der Waals surface area contributed by atoms with Crippen LogP contribution >= 0.6 is 0 Å². The minimum absolute atomic E-state index is 0.223. The molecule has 6 heteroatoms. The van der Waals surface area contributed by atoms with E-state index in [9.17, 15) is 9.18 Å². The number of amides is 1. The topological polar surface area (TPSA) is 63.2 Å². The van der Waals surface area contributed by atoms with Crippen LogP contribution < -0.4 is 10.6 Å². The highest BCUT2D eigenvalue weighted by molar-refractivity contribution is 5.98. The van der Waals surface area contributed by atoms with Crippen molar-refractivity contribution in [2.24, 2.45) is 0 Å². The molecule has 0 unspecified atom stereocenters. The molecule has 0 aromatic carbocycles. The number of aromatic nitrogens is 1. The van der Waals surface area contributed by atoms with Gasteiger partial charge in [-0.3, -0.25) is 4.79 Å². The Balaban J connectivity index is 2.42. The van der Waals surface area contributed by atoms with E-state index in [1.165, 1.54) is 6.07 Å². The number of nitrogens with zero attached hydrogens (tertiary/aromatic N) is 1. The highest BCUT2D eigenvalue weighted by Gasteiger charge is 2.13. The van der Waals surface area contributed by atoms with Crippen molar-refractivity contribution < 1.29 is 13.9 Å². The highest BCUT2D eigenvalue weighted by Crippen LogP contribution is 2.13. The molecule has 21 heavy (non-hydrogen) atoms. The van der Waals surface area contributed by atoms with Crippen molar-refractivity contribution in [3.05, 3.63) is 23.6 Å². The van der Waals surface area contributed by atoms with E-state index in [0.29, 0.717) is 25.5 Å². The van der Waals surface area contributed by atoms with Gasteiger partial charge < -0.3 is 15.4 Å². The third-order valence-electron chi connectivity index (χ3n) is 2.75. The molecular weight excluding hydrogens is 273 g/mol. The first-order valence-corrected chi connectivity index (χ1v) is 7.33. The fourth-order valence-electron chi connectivity index (χ4n) is 1.76. The number of unbranched alkanes of at least 4 members (excludes halogenated alkanes) is 1. The largest absolute Gasteiger partial charge is 0.379 e. The minimum Gasteiger partial charge on any atom is -0.379 e. The van der Waals surface area contributed by atoms with Crippen molar-refractivity contribution >= 4 is 11.7 Å². The average molecular weight is 297 g/mol. The summed E-state index contributed by atoms with van der Waals surface area (Å²) in [6.07, 6.45) is 3.01. The Kier molecular flexibility index (Phi) is 7.68. The zero-order valence-electron chi connectivity index (χ0n) is 12.9. The van der Waals surface area contributed by atoms with Crippen LogP contribution in [0, 0.1) is 5.82 Å². The first-order chi connectivity index (χ1) is 10.0. The molecule has 1 heterocycles. The van der Waals surface area contributed by atoms with Crippen LogP contribution in [0.4, 0.5) is 10.2 Å². The van der Waals surface area contributed by atoms with Crippen LogP contribution in [0.3, 0.4) is 0 Å². The molecule has 0 bridgehead atoms. The normalized spacial score (nSPS) is 10.7. The number of nitrogens with one attached hydrogen (secondary N) is 2. The molecule has 0 saturated heterocycles. The lowest BCUT2D eigenvalue weighted by atomic mass is 10.2. The van der Waals surface area contributed by atoms with E-state index >= 15 is 0 Å². The van der Waals surface area contributed by atoms with Crippen molar-refractivity contribution in [2.45, 2.75) is 39.7 Å². The number of hydrogen-bond acceptors (Lipinski definition) is 4. The summed E-state index contributed by atoms with van der Waals surface area (Å²) in [7, 11) is 0. The summed E-state index contributed by atoms with van der Waals surface area (Å²) in [5, 5.41) is 5.72. The van der Waals surface area contributed by atoms with Gasteiger partial charge in [0.25, 0.3) is 5.91 Å². The summed E-state index contributed by atoms with van der Waals surface area (Å²) in [6, 6.07) is 1.20. The van der Waals surface area contributed by atoms with Crippen molar-refractivity contribution in [3.8, 4) is 0 Å². The number of carbonyl (C=O) groups excluding carboxylic acids is 1. The predicted molar refractivity (Wildman–Crippen MR) is 81.0 cm³/mol. The Labute approximate surface area is 125 Å². The molecule has 0 spiro atoms. The van der Waals surface area contributed by atoms with E-state index in [-0.39, 0.29) is 17.6 Å². The van der Waals surface area contributed by atoms with Gasteiger partial charge >= 0.3 is 0 Å². The van der Waals surface area contributed by atoms with E-state index in [2.05, 4.69) is 15.6 Å². The number of pyridine rings is 1. The van der Waals surface area contributed by atoms with Gasteiger partial charge in [-0.15, -0.1) is 0 Å². The fourth-order valence-corrected chi connectivity index (χ4v) is 1.76. The maximum Gasteiger partial charge on any atom is 0.255 e. The molecule has 0 atom stereocenters. The standard InChI is InChI=1S/C15H24FN3O2/c1-4-17-14-13(9-12(16)10-19-14)15(20)18-7-5-6-8-21-11(2)3/h9-11H,4-8H2,1-3H3,(H,17,19)(H,18,20). The molecule has 0 aliphatic heterocycles. The van der Waals surface area contributed by atoms with Gasteiger partial charge in [0, 0.05) is 19.7 Å². The number of hydrogen-bond donors (Lipinski definition) is 2. The predicted octanol–water partition coefficient (Wildman–Crippen LogP) is 2.59. The van der Waals surface area contributed by atoms with Crippen LogP contribution in [0.5, 0.6) is 0 Å². The Hall–Kier alpha value is -1.69. The molecule has 0 aliphatic carbocycles. The molecule has 1 amide bonds. The second-order valence-electron chi connectivity index (χ2n) is 4.96. The summed E-state index contributed by atoms with van der Waals surface area (Å²) < 4.78 is 18.6. The van der Waals surface area contributed by atoms with E-state index in [0.717, 1.165) is 19.0 Å². The number of ether oxygens (including phenoxy) is 1. The van der Waals surface area contributed by atoms with Gasteiger partial charge in [0.15, 0.2) is 0 Å². The third kappa shape index (κ3) is 6.53. The van der Waals surface area contributed by atoms with E-state index in [1.807, 2.05) is 20.8 Å². The molecule has 5 nitrogen and oxygen atoms in total. The van der Waals surface area contributed by atoms with Gasteiger partial charge in [0.1, 0.15) is 11.6 Å². The van der Waals surface area contributed by atoms with Crippen molar-refractivity contribution in [1.82, 2.24) is 10.3 Å². The number of halogens is 1. The van der Waals surface area contributed by atoms with Gasteiger partial charge in [-0.2, -0.15) is 0 Å². The molecule has 1 aromatic heterocycles. The summed E-state index contributed by atoms with van der Waals surface area (Å²) in [4.78, 5) is 15.9. The average Bonchev–Trinajstić information content (AvgIpc) is 2.44. The van der Waals surface area contributed by atoms with Gasteiger partial charge in [0.2, 0.25) is 0 Å². The lowest BCUT2D eigenvalue weighted by Gasteiger charge is -2.11. The second kappa shape index (κ2) is 9.28. The van der Waals surface area contributed by atoms with Gasteiger partial charge in [0.05, 0.1) is 17.9 Å². The second-order valence-corrected chi connectivity index (χ2v) is 4.96. The van der Waals surface area contributed by atoms with Crippen molar-refractivity contribution in [1.29, 1.82) is 0 Å². The Bertz CT molecular complexity index is 453. The Morgan fingerprint density at radius 3 is 2.86 bits per heavy atom. The van der Waals surface area contributed by atoms with E-state index < -0.39 is 5.82 Å². The zero-order valence-corrected chi connectivity index (χ0v) is 12.9. The SMILES string of the molecule is CCNc1ncc(F)cc1C(=O)NCCCCOC(C)C. The van der Waals surface area contributed by atoms with Crippen LogP contribution in [-0.4, -0.2) is 36.7 Å². The fraction of sp³-hybridized carbons (Fsp3) is 0.600. The lowest BCUT2D eigenvalue weighted by molar-refractivity contribution is 0.0754. The third-order valence-corrected chi connectivity index (χ3v) is 2.75. The monoisotopic (exact) mass is 297 g/mol.